The Morgan fingerprint density at radius 3 is 2.45 bits per heavy atom. The van der Waals surface area contributed by atoms with Crippen LogP contribution < -0.4 is 0 Å². The first-order valence-electron chi connectivity index (χ1n) is 4.84. The predicted octanol–water partition coefficient (Wildman–Crippen LogP) is 1.15. The van der Waals surface area contributed by atoms with Crippen LogP contribution in [0.3, 0.4) is 0 Å². The minimum Gasteiger partial charge on any atom is -0.468 e. The molecule has 0 N–H and O–H groups in total. The molecule has 0 aromatic carbocycles. The quantitative estimate of drug-likeness (QED) is 0.547. The minimum atomic E-state index is -0.134. The SMILES string of the molecule is CCCCC(CCC)[SiH2]O[SiH3]. The van der Waals surface area contributed by atoms with Gasteiger partial charge < -0.3 is 4.12 Å². The van der Waals surface area contributed by atoms with Crippen molar-refractivity contribution in [1.29, 1.82) is 0 Å². The molecule has 3 heteroatoms. The van der Waals surface area contributed by atoms with Crippen LogP contribution >= 0.6 is 0 Å². The van der Waals surface area contributed by atoms with Gasteiger partial charge in [0, 0.05) is 0 Å². The van der Waals surface area contributed by atoms with Crippen LogP contribution in [0.25, 0.3) is 0 Å². The highest BCUT2D eigenvalue weighted by molar-refractivity contribution is 6.36. The molecular weight excluding hydrogens is 168 g/mol. The van der Waals surface area contributed by atoms with Gasteiger partial charge in [-0.25, -0.2) is 0 Å². The van der Waals surface area contributed by atoms with Gasteiger partial charge in [0.05, 0.1) is 0 Å². The van der Waals surface area contributed by atoms with Gasteiger partial charge in [-0.1, -0.05) is 46.0 Å². The maximum atomic E-state index is 5.43. The van der Waals surface area contributed by atoms with Crippen LogP contribution in [-0.4, -0.2) is 20.2 Å². The maximum Gasteiger partial charge on any atom is 0.148 e. The fraction of sp³-hybridized carbons (Fsp3) is 1.00. The van der Waals surface area contributed by atoms with Crippen molar-refractivity contribution in [2.24, 2.45) is 0 Å². The lowest BCUT2D eigenvalue weighted by Gasteiger charge is -2.13. The molecular formula is C8H22OSi2. The Kier molecular flexibility index (Phi) is 8.79. The summed E-state index contributed by atoms with van der Waals surface area (Å²) < 4.78 is 5.43. The highest BCUT2D eigenvalue weighted by Gasteiger charge is 2.06. The third-order valence-electron chi connectivity index (χ3n) is 2.07. The van der Waals surface area contributed by atoms with Crippen LogP contribution in [0.5, 0.6) is 0 Å². The van der Waals surface area contributed by atoms with E-state index < -0.39 is 0 Å². The van der Waals surface area contributed by atoms with Crippen molar-refractivity contribution in [1.82, 2.24) is 0 Å². The summed E-state index contributed by atoms with van der Waals surface area (Å²) in [5.74, 6) is 0. The van der Waals surface area contributed by atoms with E-state index in [1.807, 2.05) is 0 Å². The fourth-order valence-corrected chi connectivity index (χ4v) is 4.36. The standard InChI is InChI=1S/C8H22OSi2/c1-3-5-7-8(6-4-2)11-9-10/h8H,3-7,11H2,1-2,10H3. The second-order valence-electron chi connectivity index (χ2n) is 3.25. The van der Waals surface area contributed by atoms with Crippen molar-refractivity contribution < 1.29 is 4.12 Å². The highest BCUT2D eigenvalue weighted by atomic mass is 28.3. The average molecular weight is 190 g/mol. The second-order valence-corrected chi connectivity index (χ2v) is 7.05. The summed E-state index contributed by atoms with van der Waals surface area (Å²) in [6, 6.07) is 0. The van der Waals surface area contributed by atoms with Crippen molar-refractivity contribution in [2.75, 3.05) is 0 Å². The van der Waals surface area contributed by atoms with Crippen LogP contribution in [0, 0.1) is 0 Å². The molecule has 0 radical (unpaired) electrons. The van der Waals surface area contributed by atoms with Gasteiger partial charge in [-0.15, -0.1) is 0 Å². The number of rotatable bonds is 7. The first-order chi connectivity index (χ1) is 5.35. The molecule has 0 bridgehead atoms. The van der Waals surface area contributed by atoms with E-state index in [0.717, 1.165) is 16.0 Å². The molecule has 11 heavy (non-hydrogen) atoms. The zero-order valence-corrected chi connectivity index (χ0v) is 11.6. The van der Waals surface area contributed by atoms with E-state index in [9.17, 15) is 0 Å². The molecule has 0 spiro atoms. The molecule has 0 aliphatic carbocycles. The van der Waals surface area contributed by atoms with E-state index in [1.54, 1.807) is 0 Å². The van der Waals surface area contributed by atoms with Gasteiger partial charge in [0.25, 0.3) is 0 Å². The maximum absolute atomic E-state index is 5.43. The van der Waals surface area contributed by atoms with Gasteiger partial charge in [0.1, 0.15) is 20.2 Å². The lowest BCUT2D eigenvalue weighted by Crippen LogP contribution is -2.06. The minimum absolute atomic E-state index is 0.134. The lowest BCUT2D eigenvalue weighted by molar-refractivity contribution is 0.559. The van der Waals surface area contributed by atoms with E-state index >= 15 is 0 Å². The summed E-state index contributed by atoms with van der Waals surface area (Å²) in [5, 5.41) is 0. The van der Waals surface area contributed by atoms with Crippen molar-refractivity contribution in [2.45, 2.75) is 51.5 Å². The Labute approximate surface area is 76.4 Å². The topological polar surface area (TPSA) is 9.23 Å². The van der Waals surface area contributed by atoms with Gasteiger partial charge >= 0.3 is 0 Å². The Morgan fingerprint density at radius 1 is 1.27 bits per heavy atom. The highest BCUT2D eigenvalue weighted by Crippen LogP contribution is 2.19. The molecule has 0 saturated heterocycles. The summed E-state index contributed by atoms with van der Waals surface area (Å²) in [6.07, 6.45) is 6.93. The van der Waals surface area contributed by atoms with Crippen molar-refractivity contribution in [3.8, 4) is 0 Å². The summed E-state index contributed by atoms with van der Waals surface area (Å²) in [5.41, 5.74) is 0.984. The number of hydrogen-bond acceptors (Lipinski definition) is 1. The number of hydrogen-bond donors (Lipinski definition) is 0. The Morgan fingerprint density at radius 2 is 2.00 bits per heavy atom. The molecule has 1 unspecified atom stereocenters. The molecule has 0 aliphatic rings. The summed E-state index contributed by atoms with van der Waals surface area (Å²) in [4.78, 5) is 0. The van der Waals surface area contributed by atoms with E-state index in [0.29, 0.717) is 0 Å². The second kappa shape index (κ2) is 8.49. The largest absolute Gasteiger partial charge is 0.468 e. The molecule has 1 nitrogen and oxygen atoms in total. The predicted molar refractivity (Wildman–Crippen MR) is 57.8 cm³/mol. The van der Waals surface area contributed by atoms with E-state index in [2.05, 4.69) is 13.8 Å². The van der Waals surface area contributed by atoms with E-state index in [1.165, 1.54) is 32.1 Å². The first kappa shape index (κ1) is 11.4. The van der Waals surface area contributed by atoms with Crippen molar-refractivity contribution in [3.05, 3.63) is 0 Å². The zero-order chi connectivity index (χ0) is 8.53. The van der Waals surface area contributed by atoms with Gasteiger partial charge in [-0.3, -0.25) is 0 Å². The normalized spacial score (nSPS) is 14.7. The summed E-state index contributed by atoms with van der Waals surface area (Å²) in [6.45, 7) is 4.55. The third-order valence-corrected chi connectivity index (χ3v) is 4.69. The third kappa shape index (κ3) is 6.78. The summed E-state index contributed by atoms with van der Waals surface area (Å²) in [7, 11) is 0.830. The monoisotopic (exact) mass is 190 g/mol. The van der Waals surface area contributed by atoms with Crippen LogP contribution in [0.4, 0.5) is 0 Å². The van der Waals surface area contributed by atoms with Crippen LogP contribution in [0.1, 0.15) is 46.0 Å². The molecule has 0 fully saturated rings. The van der Waals surface area contributed by atoms with Crippen LogP contribution in [0.2, 0.25) is 5.54 Å². The van der Waals surface area contributed by atoms with Crippen molar-refractivity contribution in [3.63, 3.8) is 0 Å². The van der Waals surface area contributed by atoms with Gasteiger partial charge in [0.2, 0.25) is 0 Å². The lowest BCUT2D eigenvalue weighted by atomic mass is 10.1. The Hall–Kier alpha value is 0.394. The molecule has 68 valence electrons. The summed E-state index contributed by atoms with van der Waals surface area (Å²) >= 11 is 0. The molecule has 0 aromatic heterocycles. The zero-order valence-electron chi connectivity index (χ0n) is 8.23. The molecule has 0 amide bonds. The molecule has 0 aromatic rings. The average Bonchev–Trinajstić information content (AvgIpc) is 2.01. The van der Waals surface area contributed by atoms with Crippen LogP contribution in [0.15, 0.2) is 0 Å². The van der Waals surface area contributed by atoms with E-state index in [-0.39, 0.29) is 9.76 Å². The smallest absolute Gasteiger partial charge is 0.148 e. The molecule has 0 rings (SSSR count). The Balaban J connectivity index is 3.34. The Bertz CT molecular complexity index is 72.5. The number of unbranched alkanes of at least 4 members (excludes halogenated alkanes) is 1. The molecule has 0 heterocycles. The molecule has 0 saturated carbocycles. The first-order valence-corrected chi connectivity index (χ1v) is 7.05. The molecule has 1 atom stereocenters. The van der Waals surface area contributed by atoms with Gasteiger partial charge in [-0.05, 0) is 5.54 Å². The van der Waals surface area contributed by atoms with E-state index in [4.69, 9.17) is 4.12 Å². The molecule has 0 aliphatic heterocycles. The van der Waals surface area contributed by atoms with Crippen LogP contribution in [-0.2, 0) is 4.12 Å². The van der Waals surface area contributed by atoms with Gasteiger partial charge in [0.15, 0.2) is 0 Å². The van der Waals surface area contributed by atoms with Crippen molar-refractivity contribution >= 4 is 20.2 Å². The van der Waals surface area contributed by atoms with Gasteiger partial charge in [-0.2, -0.15) is 0 Å². The fourth-order valence-electron chi connectivity index (χ4n) is 1.45.